The molecule has 0 spiro atoms. The van der Waals surface area contributed by atoms with E-state index < -0.39 is 0 Å². The Hall–Kier alpha value is -1.92. The Bertz CT molecular complexity index is 719. The number of nitrogens with one attached hydrogen (secondary N) is 2. The van der Waals surface area contributed by atoms with E-state index in [1.165, 1.54) is 16.9 Å². The fraction of sp³-hybridized carbons (Fsp3) is 0.214. The standard InChI is InChI=1S/C14H14ClN5S/c1-9-18-13(20-19-9)6-10-2-4-11(5-3-10)16-7-12-8-17-14(15)21-12/h2-5,8,16H,6-7H2,1H3,(H,18,19,20). The van der Waals surface area contributed by atoms with Gasteiger partial charge in [0.25, 0.3) is 0 Å². The van der Waals surface area contributed by atoms with E-state index in [1.54, 1.807) is 6.20 Å². The van der Waals surface area contributed by atoms with Crippen LogP contribution < -0.4 is 5.32 Å². The van der Waals surface area contributed by atoms with Crippen molar-refractivity contribution in [3.8, 4) is 0 Å². The number of rotatable bonds is 5. The molecule has 0 unspecified atom stereocenters. The molecule has 0 amide bonds. The smallest absolute Gasteiger partial charge is 0.183 e. The minimum atomic E-state index is 0.573. The maximum Gasteiger partial charge on any atom is 0.183 e. The number of thiazole rings is 1. The molecule has 0 bridgehead atoms. The van der Waals surface area contributed by atoms with Gasteiger partial charge in [0.15, 0.2) is 10.3 Å². The lowest BCUT2D eigenvalue weighted by Crippen LogP contribution is -1.98. The van der Waals surface area contributed by atoms with Crippen molar-refractivity contribution in [2.24, 2.45) is 0 Å². The highest BCUT2D eigenvalue weighted by Gasteiger charge is 2.03. The number of aromatic amines is 1. The highest BCUT2D eigenvalue weighted by atomic mass is 35.5. The van der Waals surface area contributed by atoms with Gasteiger partial charge in [-0.2, -0.15) is 5.10 Å². The second-order valence-electron chi connectivity index (χ2n) is 4.64. The molecule has 5 nitrogen and oxygen atoms in total. The fourth-order valence-electron chi connectivity index (χ4n) is 1.95. The number of anilines is 1. The van der Waals surface area contributed by atoms with Crippen LogP contribution in [0.15, 0.2) is 30.5 Å². The summed E-state index contributed by atoms with van der Waals surface area (Å²) in [6.07, 6.45) is 2.52. The summed E-state index contributed by atoms with van der Waals surface area (Å²) in [6, 6.07) is 8.26. The summed E-state index contributed by atoms with van der Waals surface area (Å²) in [5.74, 6) is 1.65. The second kappa shape index (κ2) is 6.24. The summed E-state index contributed by atoms with van der Waals surface area (Å²) in [5.41, 5.74) is 2.25. The lowest BCUT2D eigenvalue weighted by molar-refractivity contribution is 0.969. The minimum absolute atomic E-state index is 0.573. The number of benzene rings is 1. The van der Waals surface area contributed by atoms with Crippen molar-refractivity contribution < 1.29 is 0 Å². The zero-order valence-electron chi connectivity index (χ0n) is 11.4. The van der Waals surface area contributed by atoms with Crippen molar-refractivity contribution in [3.63, 3.8) is 0 Å². The third kappa shape index (κ3) is 3.80. The molecule has 108 valence electrons. The third-order valence-corrected chi connectivity index (χ3v) is 4.07. The van der Waals surface area contributed by atoms with Gasteiger partial charge in [-0.15, -0.1) is 11.3 Å². The first-order valence-corrected chi connectivity index (χ1v) is 7.69. The van der Waals surface area contributed by atoms with Crippen LogP contribution in [0.1, 0.15) is 22.1 Å². The normalized spacial score (nSPS) is 10.8. The molecule has 2 aromatic heterocycles. The van der Waals surface area contributed by atoms with Crippen molar-refractivity contribution >= 4 is 28.6 Å². The molecule has 0 aliphatic heterocycles. The Morgan fingerprint density at radius 3 is 2.71 bits per heavy atom. The van der Waals surface area contributed by atoms with Gasteiger partial charge in [0.2, 0.25) is 0 Å². The number of nitrogens with zero attached hydrogens (tertiary/aromatic N) is 3. The van der Waals surface area contributed by atoms with E-state index in [1.807, 2.05) is 6.92 Å². The van der Waals surface area contributed by atoms with Gasteiger partial charge in [-0.1, -0.05) is 23.7 Å². The first kappa shape index (κ1) is 14.0. The van der Waals surface area contributed by atoms with E-state index in [-0.39, 0.29) is 0 Å². The summed E-state index contributed by atoms with van der Waals surface area (Å²) in [5, 5.41) is 10.3. The van der Waals surface area contributed by atoms with Gasteiger partial charge in [-0.25, -0.2) is 9.97 Å². The van der Waals surface area contributed by atoms with Gasteiger partial charge in [0, 0.05) is 23.2 Å². The second-order valence-corrected chi connectivity index (χ2v) is 6.34. The number of hydrogen-bond acceptors (Lipinski definition) is 5. The van der Waals surface area contributed by atoms with Crippen molar-refractivity contribution in [2.75, 3.05) is 5.32 Å². The van der Waals surface area contributed by atoms with Crippen molar-refractivity contribution in [1.82, 2.24) is 20.2 Å². The van der Waals surface area contributed by atoms with E-state index >= 15 is 0 Å². The molecule has 2 N–H and O–H groups in total. The summed E-state index contributed by atoms with van der Waals surface area (Å²) in [4.78, 5) is 9.44. The van der Waals surface area contributed by atoms with Gasteiger partial charge in [0.1, 0.15) is 5.82 Å². The van der Waals surface area contributed by atoms with Crippen LogP contribution in [0, 0.1) is 6.92 Å². The monoisotopic (exact) mass is 319 g/mol. The summed E-state index contributed by atoms with van der Waals surface area (Å²) in [6.45, 7) is 2.62. The first-order valence-electron chi connectivity index (χ1n) is 6.50. The molecule has 0 saturated heterocycles. The van der Waals surface area contributed by atoms with Crippen LogP contribution in [0.3, 0.4) is 0 Å². The van der Waals surface area contributed by atoms with Gasteiger partial charge in [-0.05, 0) is 24.6 Å². The molecule has 1 aromatic carbocycles. The molecule has 0 saturated carbocycles. The van der Waals surface area contributed by atoms with Crippen molar-refractivity contribution in [3.05, 3.63) is 57.0 Å². The number of halogens is 1. The summed E-state index contributed by atoms with van der Waals surface area (Å²) in [7, 11) is 0. The molecular formula is C14H14ClN5S. The summed E-state index contributed by atoms with van der Waals surface area (Å²) >= 11 is 7.29. The van der Waals surface area contributed by atoms with Crippen molar-refractivity contribution in [2.45, 2.75) is 19.9 Å². The average Bonchev–Trinajstić information content (AvgIpc) is 3.07. The molecule has 0 fully saturated rings. The lowest BCUT2D eigenvalue weighted by Gasteiger charge is -2.05. The number of aromatic nitrogens is 4. The maximum absolute atomic E-state index is 5.81. The van der Waals surface area contributed by atoms with Gasteiger partial charge in [0.05, 0.1) is 6.54 Å². The molecule has 0 aliphatic rings. The molecule has 0 radical (unpaired) electrons. The number of H-pyrrole nitrogens is 1. The quantitative estimate of drug-likeness (QED) is 0.756. The Labute approximate surface area is 131 Å². The van der Waals surface area contributed by atoms with Gasteiger partial charge >= 0.3 is 0 Å². The predicted molar refractivity (Wildman–Crippen MR) is 84.8 cm³/mol. The van der Waals surface area contributed by atoms with E-state index in [0.29, 0.717) is 4.47 Å². The van der Waals surface area contributed by atoms with Gasteiger partial charge in [-0.3, -0.25) is 5.10 Å². The lowest BCUT2D eigenvalue weighted by atomic mass is 10.1. The Morgan fingerprint density at radius 2 is 2.10 bits per heavy atom. The van der Waals surface area contributed by atoms with Crippen LogP contribution in [0.5, 0.6) is 0 Å². The van der Waals surface area contributed by atoms with Gasteiger partial charge < -0.3 is 5.32 Å². The van der Waals surface area contributed by atoms with Crippen LogP contribution in [0.2, 0.25) is 4.47 Å². The zero-order chi connectivity index (χ0) is 14.7. The molecule has 0 aliphatic carbocycles. The number of hydrogen-bond donors (Lipinski definition) is 2. The highest BCUT2D eigenvalue weighted by molar-refractivity contribution is 7.15. The van der Waals surface area contributed by atoms with Crippen LogP contribution in [-0.4, -0.2) is 20.2 Å². The summed E-state index contributed by atoms with van der Waals surface area (Å²) < 4.78 is 0.573. The molecular weight excluding hydrogens is 306 g/mol. The SMILES string of the molecule is Cc1nc(Cc2ccc(NCc3cnc(Cl)s3)cc2)n[nH]1. The first-order chi connectivity index (χ1) is 10.2. The molecule has 3 aromatic rings. The zero-order valence-corrected chi connectivity index (χ0v) is 13.0. The van der Waals surface area contributed by atoms with E-state index in [0.717, 1.165) is 35.2 Å². The molecule has 2 heterocycles. The molecule has 7 heteroatoms. The van der Waals surface area contributed by atoms with Crippen LogP contribution in [0.25, 0.3) is 0 Å². The predicted octanol–water partition coefficient (Wildman–Crippen LogP) is 3.43. The number of aryl methyl sites for hydroxylation is 1. The largest absolute Gasteiger partial charge is 0.380 e. The van der Waals surface area contributed by atoms with E-state index in [4.69, 9.17) is 11.6 Å². The molecule has 3 rings (SSSR count). The van der Waals surface area contributed by atoms with Crippen LogP contribution in [0.4, 0.5) is 5.69 Å². The van der Waals surface area contributed by atoms with E-state index in [9.17, 15) is 0 Å². The topological polar surface area (TPSA) is 66.5 Å². The molecule has 21 heavy (non-hydrogen) atoms. The third-order valence-electron chi connectivity index (χ3n) is 2.95. The Kier molecular flexibility index (Phi) is 4.17. The fourth-order valence-corrected chi connectivity index (χ4v) is 2.86. The molecule has 0 atom stereocenters. The average molecular weight is 320 g/mol. The Balaban J connectivity index is 1.58. The van der Waals surface area contributed by atoms with Crippen molar-refractivity contribution in [1.29, 1.82) is 0 Å². The Morgan fingerprint density at radius 1 is 1.29 bits per heavy atom. The minimum Gasteiger partial charge on any atom is -0.380 e. The van der Waals surface area contributed by atoms with Crippen LogP contribution >= 0.6 is 22.9 Å². The van der Waals surface area contributed by atoms with Crippen LogP contribution in [-0.2, 0) is 13.0 Å². The van der Waals surface area contributed by atoms with E-state index in [2.05, 4.69) is 49.7 Å². The highest BCUT2D eigenvalue weighted by Crippen LogP contribution is 2.19. The maximum atomic E-state index is 5.81.